The van der Waals surface area contributed by atoms with Gasteiger partial charge in [-0.3, -0.25) is 0 Å². The first kappa shape index (κ1) is 16.8. The highest BCUT2D eigenvalue weighted by atomic mass is 32.2. The molecule has 1 aliphatic heterocycles. The molecule has 0 spiro atoms. The zero-order valence-corrected chi connectivity index (χ0v) is 13.6. The van der Waals surface area contributed by atoms with E-state index in [-0.39, 0.29) is 17.0 Å². The Balaban J connectivity index is 2.05. The minimum absolute atomic E-state index is 0.0564. The fourth-order valence-electron chi connectivity index (χ4n) is 2.59. The van der Waals surface area contributed by atoms with Crippen molar-refractivity contribution in [1.82, 2.24) is 10.2 Å². The van der Waals surface area contributed by atoms with Gasteiger partial charge in [-0.15, -0.1) is 0 Å². The average Bonchev–Trinajstić information content (AvgIpc) is 2.75. The molecular formula is C15H23N3O3S. The van der Waals surface area contributed by atoms with Crippen molar-refractivity contribution in [3.8, 4) is 0 Å². The molecule has 0 saturated carbocycles. The average molecular weight is 325 g/mol. The number of likely N-dealkylation sites (tertiary alicyclic amines) is 1. The summed E-state index contributed by atoms with van der Waals surface area (Å²) in [4.78, 5) is 14.2. The highest BCUT2D eigenvalue weighted by Gasteiger charge is 2.18. The van der Waals surface area contributed by atoms with Crippen molar-refractivity contribution in [2.24, 2.45) is 5.14 Å². The molecule has 1 aromatic carbocycles. The van der Waals surface area contributed by atoms with Gasteiger partial charge in [-0.2, -0.15) is 0 Å². The van der Waals surface area contributed by atoms with Gasteiger partial charge in [0.25, 0.3) is 0 Å². The Morgan fingerprint density at radius 2 is 1.86 bits per heavy atom. The molecular weight excluding hydrogens is 302 g/mol. The van der Waals surface area contributed by atoms with Crippen molar-refractivity contribution in [2.75, 3.05) is 13.1 Å². The number of primary sulfonamides is 1. The first-order valence-electron chi connectivity index (χ1n) is 7.56. The van der Waals surface area contributed by atoms with Gasteiger partial charge in [0.1, 0.15) is 0 Å². The van der Waals surface area contributed by atoms with Crippen LogP contribution in [0.15, 0.2) is 29.2 Å². The van der Waals surface area contributed by atoms with Crippen molar-refractivity contribution in [3.05, 3.63) is 29.8 Å². The van der Waals surface area contributed by atoms with E-state index in [9.17, 15) is 13.2 Å². The van der Waals surface area contributed by atoms with Crippen LogP contribution >= 0.6 is 0 Å². The highest BCUT2D eigenvalue weighted by Crippen LogP contribution is 2.17. The van der Waals surface area contributed by atoms with Crippen LogP contribution in [0.5, 0.6) is 0 Å². The number of hydrogen-bond donors (Lipinski definition) is 2. The van der Waals surface area contributed by atoms with E-state index in [1.165, 1.54) is 12.1 Å². The minimum atomic E-state index is -3.74. The maximum Gasteiger partial charge on any atom is 0.317 e. The third-order valence-corrected chi connectivity index (χ3v) is 4.83. The Labute approximate surface area is 131 Å². The van der Waals surface area contributed by atoms with Crippen LogP contribution < -0.4 is 10.5 Å². The number of nitrogens with two attached hydrogens (primary N) is 1. The van der Waals surface area contributed by atoms with E-state index >= 15 is 0 Å². The van der Waals surface area contributed by atoms with Gasteiger partial charge in [-0.1, -0.05) is 25.0 Å². The first-order chi connectivity index (χ1) is 10.4. The lowest BCUT2D eigenvalue weighted by molar-refractivity contribution is 0.196. The maximum absolute atomic E-state index is 12.3. The van der Waals surface area contributed by atoms with Crippen molar-refractivity contribution < 1.29 is 13.2 Å². The highest BCUT2D eigenvalue weighted by molar-refractivity contribution is 7.89. The summed E-state index contributed by atoms with van der Waals surface area (Å²) in [5.41, 5.74) is 0.717. The molecule has 22 heavy (non-hydrogen) atoms. The largest absolute Gasteiger partial charge is 0.331 e. The summed E-state index contributed by atoms with van der Waals surface area (Å²) in [5, 5.41) is 8.06. The summed E-state index contributed by atoms with van der Waals surface area (Å²) >= 11 is 0. The molecule has 1 atom stereocenters. The van der Waals surface area contributed by atoms with E-state index in [1.54, 1.807) is 12.1 Å². The predicted octanol–water partition coefficient (Wildman–Crippen LogP) is 1.98. The van der Waals surface area contributed by atoms with Crippen molar-refractivity contribution in [3.63, 3.8) is 0 Å². The quantitative estimate of drug-likeness (QED) is 0.890. The van der Waals surface area contributed by atoms with E-state index < -0.39 is 10.0 Å². The standard InChI is InChI=1S/C15H23N3O3S/c1-12(13-7-6-8-14(11-13)22(16,20)21)17-15(19)18-9-4-2-3-5-10-18/h6-8,11-12H,2-5,9-10H2,1H3,(H,17,19)(H2,16,20,21)/t12-/m1/s1. The smallest absolute Gasteiger partial charge is 0.317 e. The molecule has 6 nitrogen and oxygen atoms in total. The zero-order chi connectivity index (χ0) is 16.2. The summed E-state index contributed by atoms with van der Waals surface area (Å²) in [5.74, 6) is 0. The summed E-state index contributed by atoms with van der Waals surface area (Å²) in [6.45, 7) is 3.38. The van der Waals surface area contributed by atoms with Crippen LogP contribution in [-0.4, -0.2) is 32.4 Å². The van der Waals surface area contributed by atoms with Gasteiger partial charge in [0.05, 0.1) is 10.9 Å². The van der Waals surface area contributed by atoms with Crippen LogP contribution in [0.25, 0.3) is 0 Å². The third kappa shape index (κ3) is 4.45. The number of nitrogens with zero attached hydrogens (tertiary/aromatic N) is 1. The second-order valence-corrected chi connectivity index (χ2v) is 7.25. The Bertz CT molecular complexity index is 623. The Kier molecular flexibility index (Phi) is 5.42. The number of urea groups is 1. The zero-order valence-electron chi connectivity index (χ0n) is 12.8. The van der Waals surface area contributed by atoms with Gasteiger partial charge < -0.3 is 10.2 Å². The number of carbonyl (C=O) groups excluding carboxylic acids is 1. The molecule has 2 rings (SSSR count). The first-order valence-corrected chi connectivity index (χ1v) is 9.11. The number of carbonyl (C=O) groups is 1. The van der Waals surface area contributed by atoms with E-state index in [0.29, 0.717) is 0 Å². The summed E-state index contributed by atoms with van der Waals surface area (Å²) in [6, 6.07) is 5.98. The number of sulfonamides is 1. The molecule has 1 aliphatic rings. The second-order valence-electron chi connectivity index (χ2n) is 5.69. The SMILES string of the molecule is C[C@@H](NC(=O)N1CCCCCC1)c1cccc(S(N)(=O)=O)c1. The van der Waals surface area contributed by atoms with E-state index in [1.807, 2.05) is 11.8 Å². The lowest BCUT2D eigenvalue weighted by atomic mass is 10.1. The number of hydrogen-bond acceptors (Lipinski definition) is 3. The summed E-state index contributed by atoms with van der Waals surface area (Å²) < 4.78 is 22.8. The van der Waals surface area contributed by atoms with Crippen LogP contribution in [0.1, 0.15) is 44.2 Å². The van der Waals surface area contributed by atoms with Gasteiger partial charge in [0, 0.05) is 13.1 Å². The molecule has 1 aromatic rings. The molecule has 1 fully saturated rings. The van der Waals surface area contributed by atoms with E-state index in [2.05, 4.69) is 5.32 Å². The number of rotatable bonds is 3. The molecule has 1 heterocycles. The number of amides is 2. The van der Waals surface area contributed by atoms with E-state index in [0.717, 1.165) is 44.3 Å². The van der Waals surface area contributed by atoms with Gasteiger partial charge >= 0.3 is 6.03 Å². The molecule has 0 aromatic heterocycles. The Hall–Kier alpha value is -1.60. The minimum Gasteiger partial charge on any atom is -0.331 e. The second kappa shape index (κ2) is 7.11. The van der Waals surface area contributed by atoms with Gasteiger partial charge in [0.15, 0.2) is 0 Å². The molecule has 122 valence electrons. The fourth-order valence-corrected chi connectivity index (χ4v) is 3.16. The molecule has 0 unspecified atom stereocenters. The Morgan fingerprint density at radius 1 is 1.23 bits per heavy atom. The topological polar surface area (TPSA) is 92.5 Å². The maximum atomic E-state index is 12.3. The van der Waals surface area contributed by atoms with Crippen molar-refractivity contribution in [2.45, 2.75) is 43.5 Å². The molecule has 3 N–H and O–H groups in total. The lowest BCUT2D eigenvalue weighted by Gasteiger charge is -2.24. The molecule has 0 bridgehead atoms. The van der Waals surface area contributed by atoms with Gasteiger partial charge in [-0.25, -0.2) is 18.4 Å². The predicted molar refractivity (Wildman–Crippen MR) is 84.8 cm³/mol. The lowest BCUT2D eigenvalue weighted by Crippen LogP contribution is -2.41. The fraction of sp³-hybridized carbons (Fsp3) is 0.533. The Morgan fingerprint density at radius 3 is 2.45 bits per heavy atom. The molecule has 7 heteroatoms. The molecule has 1 saturated heterocycles. The molecule has 0 aliphatic carbocycles. The van der Waals surface area contributed by atoms with Crippen molar-refractivity contribution in [1.29, 1.82) is 0 Å². The molecule has 2 amide bonds. The molecule has 0 radical (unpaired) electrons. The van der Waals surface area contributed by atoms with Crippen LogP contribution in [0.3, 0.4) is 0 Å². The van der Waals surface area contributed by atoms with E-state index in [4.69, 9.17) is 5.14 Å². The third-order valence-electron chi connectivity index (χ3n) is 3.92. The normalized spacial score (nSPS) is 17.6. The van der Waals surface area contributed by atoms with Gasteiger partial charge in [0.2, 0.25) is 10.0 Å². The van der Waals surface area contributed by atoms with Crippen LogP contribution in [0.4, 0.5) is 4.79 Å². The number of nitrogens with one attached hydrogen (secondary N) is 1. The van der Waals surface area contributed by atoms with Crippen LogP contribution in [-0.2, 0) is 10.0 Å². The monoisotopic (exact) mass is 325 g/mol. The van der Waals surface area contributed by atoms with Crippen LogP contribution in [0, 0.1) is 0 Å². The van der Waals surface area contributed by atoms with Gasteiger partial charge in [-0.05, 0) is 37.5 Å². The number of benzene rings is 1. The van der Waals surface area contributed by atoms with Crippen LogP contribution in [0.2, 0.25) is 0 Å². The van der Waals surface area contributed by atoms with Crippen molar-refractivity contribution >= 4 is 16.1 Å². The summed E-state index contributed by atoms with van der Waals surface area (Å²) in [7, 11) is -3.74. The summed E-state index contributed by atoms with van der Waals surface area (Å²) in [6.07, 6.45) is 4.39.